The van der Waals surface area contributed by atoms with E-state index in [4.69, 9.17) is 0 Å². The molecule has 0 fully saturated rings. The summed E-state index contributed by atoms with van der Waals surface area (Å²) in [4.78, 5) is 0. The van der Waals surface area contributed by atoms with E-state index in [-0.39, 0.29) is 5.82 Å². The molecule has 2 rings (SSSR count). The molecule has 0 radical (unpaired) electrons. The van der Waals surface area contributed by atoms with Crippen LogP contribution in [0.2, 0.25) is 0 Å². The molecular formula is C13H15BrFN3. The molecule has 0 aliphatic carbocycles. The Morgan fingerprint density at radius 1 is 1.39 bits per heavy atom. The van der Waals surface area contributed by atoms with Gasteiger partial charge in [-0.3, -0.25) is 4.68 Å². The summed E-state index contributed by atoms with van der Waals surface area (Å²) >= 11 is 3.43. The minimum Gasteiger partial charge on any atom is -0.311 e. The lowest BCUT2D eigenvalue weighted by Crippen LogP contribution is -2.16. The van der Waals surface area contributed by atoms with Gasteiger partial charge in [0.2, 0.25) is 0 Å². The molecule has 0 bridgehead atoms. The molecule has 1 N–H and O–H groups in total. The Morgan fingerprint density at radius 2 is 2.22 bits per heavy atom. The van der Waals surface area contributed by atoms with E-state index in [2.05, 4.69) is 33.3 Å². The SMILES string of the molecule is CCNCc1ccnn1Cc1cc(F)ccc1Br. The van der Waals surface area contributed by atoms with Crippen LogP contribution in [0, 0.1) is 5.82 Å². The van der Waals surface area contributed by atoms with E-state index in [1.54, 1.807) is 12.3 Å². The Labute approximate surface area is 114 Å². The number of benzene rings is 1. The Balaban J connectivity index is 2.18. The van der Waals surface area contributed by atoms with E-state index < -0.39 is 0 Å². The average Bonchev–Trinajstić information content (AvgIpc) is 2.79. The first kappa shape index (κ1) is 13.2. The van der Waals surface area contributed by atoms with Gasteiger partial charge in [-0.1, -0.05) is 22.9 Å². The van der Waals surface area contributed by atoms with Crippen LogP contribution in [0.3, 0.4) is 0 Å². The van der Waals surface area contributed by atoms with Crippen molar-refractivity contribution in [3.8, 4) is 0 Å². The zero-order valence-corrected chi connectivity index (χ0v) is 11.7. The Kier molecular flexibility index (Phi) is 4.49. The maximum atomic E-state index is 13.2. The van der Waals surface area contributed by atoms with E-state index in [9.17, 15) is 4.39 Å². The van der Waals surface area contributed by atoms with Crippen LogP contribution in [0.15, 0.2) is 34.9 Å². The van der Waals surface area contributed by atoms with Crippen molar-refractivity contribution in [1.82, 2.24) is 15.1 Å². The fourth-order valence-electron chi connectivity index (χ4n) is 1.73. The van der Waals surface area contributed by atoms with Gasteiger partial charge >= 0.3 is 0 Å². The smallest absolute Gasteiger partial charge is 0.123 e. The van der Waals surface area contributed by atoms with Gasteiger partial charge in [0.25, 0.3) is 0 Å². The monoisotopic (exact) mass is 311 g/mol. The normalized spacial score (nSPS) is 10.8. The molecule has 3 nitrogen and oxygen atoms in total. The predicted molar refractivity (Wildman–Crippen MR) is 72.8 cm³/mol. The van der Waals surface area contributed by atoms with Gasteiger partial charge in [0.15, 0.2) is 0 Å². The number of aromatic nitrogens is 2. The molecular weight excluding hydrogens is 297 g/mol. The molecule has 0 amide bonds. The highest BCUT2D eigenvalue weighted by Crippen LogP contribution is 2.19. The highest BCUT2D eigenvalue weighted by molar-refractivity contribution is 9.10. The van der Waals surface area contributed by atoms with E-state index in [0.717, 1.165) is 28.8 Å². The van der Waals surface area contributed by atoms with E-state index in [1.807, 2.05) is 10.7 Å². The minimum absolute atomic E-state index is 0.228. The second-order valence-electron chi connectivity index (χ2n) is 4.00. The largest absolute Gasteiger partial charge is 0.311 e. The van der Waals surface area contributed by atoms with Crippen LogP contribution in [-0.2, 0) is 13.1 Å². The van der Waals surface area contributed by atoms with Crippen molar-refractivity contribution >= 4 is 15.9 Å². The van der Waals surface area contributed by atoms with Crippen molar-refractivity contribution in [2.45, 2.75) is 20.0 Å². The molecule has 96 valence electrons. The van der Waals surface area contributed by atoms with Crippen molar-refractivity contribution in [2.24, 2.45) is 0 Å². The molecule has 0 atom stereocenters. The van der Waals surface area contributed by atoms with Gasteiger partial charge in [-0.05, 0) is 36.4 Å². The topological polar surface area (TPSA) is 29.9 Å². The summed E-state index contributed by atoms with van der Waals surface area (Å²) in [6.45, 7) is 4.30. The van der Waals surface area contributed by atoms with Crippen LogP contribution in [0.1, 0.15) is 18.2 Å². The average molecular weight is 312 g/mol. The van der Waals surface area contributed by atoms with Gasteiger partial charge in [0.05, 0.1) is 12.2 Å². The quantitative estimate of drug-likeness (QED) is 0.920. The lowest BCUT2D eigenvalue weighted by Gasteiger charge is -2.09. The Hall–Kier alpha value is -1.20. The summed E-state index contributed by atoms with van der Waals surface area (Å²) in [5, 5.41) is 7.52. The summed E-state index contributed by atoms with van der Waals surface area (Å²) in [5.74, 6) is -0.228. The molecule has 0 aliphatic rings. The Morgan fingerprint density at radius 3 is 3.00 bits per heavy atom. The van der Waals surface area contributed by atoms with Gasteiger partial charge in [-0.2, -0.15) is 5.10 Å². The summed E-state index contributed by atoms with van der Waals surface area (Å²) in [6.07, 6.45) is 1.76. The van der Waals surface area contributed by atoms with E-state index in [0.29, 0.717) is 6.54 Å². The van der Waals surface area contributed by atoms with Gasteiger partial charge in [0, 0.05) is 17.2 Å². The maximum Gasteiger partial charge on any atom is 0.123 e. The van der Waals surface area contributed by atoms with Crippen molar-refractivity contribution in [3.63, 3.8) is 0 Å². The lowest BCUT2D eigenvalue weighted by molar-refractivity contribution is 0.595. The van der Waals surface area contributed by atoms with Crippen LogP contribution < -0.4 is 5.32 Å². The molecule has 1 aromatic heterocycles. The van der Waals surface area contributed by atoms with Gasteiger partial charge in [0.1, 0.15) is 5.82 Å². The zero-order chi connectivity index (χ0) is 13.0. The molecule has 0 unspecified atom stereocenters. The number of nitrogens with one attached hydrogen (secondary N) is 1. The van der Waals surface area contributed by atoms with Crippen molar-refractivity contribution < 1.29 is 4.39 Å². The number of hydrogen-bond acceptors (Lipinski definition) is 2. The third kappa shape index (κ3) is 3.17. The predicted octanol–water partition coefficient (Wildman–Crippen LogP) is 2.94. The minimum atomic E-state index is -0.228. The second-order valence-corrected chi connectivity index (χ2v) is 4.85. The molecule has 5 heteroatoms. The van der Waals surface area contributed by atoms with Crippen LogP contribution >= 0.6 is 15.9 Å². The highest BCUT2D eigenvalue weighted by Gasteiger charge is 2.06. The van der Waals surface area contributed by atoms with E-state index in [1.165, 1.54) is 12.1 Å². The number of rotatable bonds is 5. The van der Waals surface area contributed by atoms with Crippen molar-refractivity contribution in [2.75, 3.05) is 6.54 Å². The molecule has 0 spiro atoms. The Bertz CT molecular complexity index is 525. The molecule has 1 aromatic carbocycles. The first-order valence-corrected chi connectivity index (χ1v) is 6.65. The zero-order valence-electron chi connectivity index (χ0n) is 10.2. The van der Waals surface area contributed by atoms with Crippen molar-refractivity contribution in [3.05, 3.63) is 52.0 Å². The van der Waals surface area contributed by atoms with Crippen LogP contribution in [0.25, 0.3) is 0 Å². The first-order valence-electron chi connectivity index (χ1n) is 5.86. The molecule has 0 saturated carbocycles. The van der Waals surface area contributed by atoms with Gasteiger partial charge in [-0.25, -0.2) is 4.39 Å². The van der Waals surface area contributed by atoms with Crippen LogP contribution in [-0.4, -0.2) is 16.3 Å². The highest BCUT2D eigenvalue weighted by atomic mass is 79.9. The number of nitrogens with zero attached hydrogens (tertiary/aromatic N) is 2. The lowest BCUT2D eigenvalue weighted by atomic mass is 10.2. The third-order valence-electron chi connectivity index (χ3n) is 2.69. The standard InChI is InChI=1S/C13H15BrFN3/c1-2-16-8-12-5-6-17-18(12)9-10-7-11(15)3-4-13(10)14/h3-7,16H,2,8-9H2,1H3. The number of halogens is 2. The van der Waals surface area contributed by atoms with Crippen LogP contribution in [0.5, 0.6) is 0 Å². The summed E-state index contributed by atoms with van der Waals surface area (Å²) < 4.78 is 16.0. The fraction of sp³-hybridized carbons (Fsp3) is 0.308. The second kappa shape index (κ2) is 6.11. The number of hydrogen-bond donors (Lipinski definition) is 1. The third-order valence-corrected chi connectivity index (χ3v) is 3.46. The summed E-state index contributed by atoms with van der Waals surface area (Å²) in [7, 11) is 0. The molecule has 2 aromatic rings. The van der Waals surface area contributed by atoms with E-state index >= 15 is 0 Å². The molecule has 0 aliphatic heterocycles. The molecule has 1 heterocycles. The molecule has 18 heavy (non-hydrogen) atoms. The first-order chi connectivity index (χ1) is 8.70. The summed E-state index contributed by atoms with van der Waals surface area (Å²) in [6, 6.07) is 6.66. The summed E-state index contributed by atoms with van der Waals surface area (Å²) in [5.41, 5.74) is 1.98. The van der Waals surface area contributed by atoms with Gasteiger partial charge < -0.3 is 5.32 Å². The fourth-order valence-corrected chi connectivity index (χ4v) is 2.10. The maximum absolute atomic E-state index is 13.2. The van der Waals surface area contributed by atoms with Gasteiger partial charge in [-0.15, -0.1) is 0 Å². The molecule has 0 saturated heterocycles. The van der Waals surface area contributed by atoms with Crippen molar-refractivity contribution in [1.29, 1.82) is 0 Å². The van der Waals surface area contributed by atoms with Crippen LogP contribution in [0.4, 0.5) is 4.39 Å².